The first-order valence-electron chi connectivity index (χ1n) is 7.30. The van der Waals surface area contributed by atoms with Crippen LogP contribution in [0.15, 0.2) is 18.2 Å². The Bertz CT molecular complexity index is 787. The molecule has 1 heterocycles. The van der Waals surface area contributed by atoms with Gasteiger partial charge in [-0.3, -0.25) is 0 Å². The summed E-state index contributed by atoms with van der Waals surface area (Å²) in [5.74, 6) is 0.436. The minimum absolute atomic E-state index is 0.0416. The summed E-state index contributed by atoms with van der Waals surface area (Å²) in [7, 11) is 3.02. The molecule has 9 nitrogen and oxygen atoms in total. The second-order valence-corrected chi connectivity index (χ2v) is 4.85. The molecule has 0 radical (unpaired) electrons. The lowest BCUT2D eigenvalue weighted by Crippen LogP contribution is -2.11. The average Bonchev–Trinajstić information content (AvgIpc) is 2.58. The summed E-state index contributed by atoms with van der Waals surface area (Å²) in [6.45, 7) is 1.66. The van der Waals surface area contributed by atoms with Gasteiger partial charge in [-0.25, -0.2) is 4.79 Å². The number of nitrogen functional groups attached to an aromatic ring is 2. The molecule has 0 aliphatic rings. The molecule has 0 spiro atoms. The molecule has 2 rings (SSSR count). The van der Waals surface area contributed by atoms with Crippen molar-refractivity contribution in [1.29, 1.82) is 0 Å². The number of aromatic nitrogens is 3. The second kappa shape index (κ2) is 7.95. The van der Waals surface area contributed by atoms with Gasteiger partial charge in [-0.15, -0.1) is 0 Å². The number of esters is 1. The third-order valence-electron chi connectivity index (χ3n) is 3.14. The lowest BCUT2D eigenvalue weighted by molar-refractivity contribution is 0.0461. The van der Waals surface area contributed by atoms with Crippen LogP contribution in [0.25, 0.3) is 6.08 Å². The Morgan fingerprint density at radius 2 is 1.80 bits per heavy atom. The molecule has 9 heteroatoms. The van der Waals surface area contributed by atoms with Crippen LogP contribution in [0.3, 0.4) is 0 Å². The van der Waals surface area contributed by atoms with Crippen LogP contribution < -0.4 is 20.9 Å². The van der Waals surface area contributed by atoms with Gasteiger partial charge >= 0.3 is 5.97 Å². The maximum atomic E-state index is 12.3. The number of allylic oxidation sites excluding steroid dienone is 1. The number of nitrogens with two attached hydrogens (primary N) is 2. The van der Waals surface area contributed by atoms with E-state index in [1.807, 2.05) is 13.0 Å². The number of hydrogen-bond acceptors (Lipinski definition) is 9. The van der Waals surface area contributed by atoms with Crippen molar-refractivity contribution in [2.75, 3.05) is 25.7 Å². The molecule has 1 aromatic carbocycles. The van der Waals surface area contributed by atoms with Crippen LogP contribution in [0.5, 0.6) is 11.5 Å². The molecule has 0 aliphatic carbocycles. The summed E-state index contributed by atoms with van der Waals surface area (Å²) >= 11 is 0. The van der Waals surface area contributed by atoms with Crippen LogP contribution in [0.1, 0.15) is 28.7 Å². The zero-order valence-corrected chi connectivity index (χ0v) is 14.1. The Kier molecular flexibility index (Phi) is 5.72. The number of carbonyl (C=O) groups is 1. The molecule has 0 aliphatic heterocycles. The molecule has 0 saturated heterocycles. The van der Waals surface area contributed by atoms with E-state index in [1.165, 1.54) is 20.3 Å². The quantitative estimate of drug-likeness (QED) is 0.745. The first-order chi connectivity index (χ1) is 12.0. The summed E-state index contributed by atoms with van der Waals surface area (Å²) in [4.78, 5) is 23.7. The highest BCUT2D eigenvalue weighted by atomic mass is 16.5. The van der Waals surface area contributed by atoms with Crippen LogP contribution in [0.2, 0.25) is 0 Å². The standard InChI is InChI=1S/C16H19N5O4/c1-4-5-9-6-10(7-11(23-2)13(9)24-3)14(22)25-8-12-19-15(17)21-16(18)20-12/h4-7H,8H2,1-3H3,(H4,17,18,19,20,21)/b5-4-. The number of rotatable bonds is 6. The lowest BCUT2D eigenvalue weighted by Gasteiger charge is -2.13. The van der Waals surface area contributed by atoms with Gasteiger partial charge in [0.05, 0.1) is 19.8 Å². The third-order valence-corrected chi connectivity index (χ3v) is 3.14. The topological polar surface area (TPSA) is 135 Å². The predicted molar refractivity (Wildman–Crippen MR) is 92.0 cm³/mol. The van der Waals surface area contributed by atoms with Gasteiger partial charge in [0.2, 0.25) is 11.9 Å². The number of carbonyl (C=O) groups excluding carboxylic acids is 1. The fourth-order valence-corrected chi connectivity index (χ4v) is 2.15. The summed E-state index contributed by atoms with van der Waals surface area (Å²) in [5, 5.41) is 0. The highest BCUT2D eigenvalue weighted by molar-refractivity contribution is 5.91. The number of anilines is 2. The van der Waals surface area contributed by atoms with Gasteiger partial charge < -0.3 is 25.7 Å². The van der Waals surface area contributed by atoms with Crippen LogP contribution in [-0.4, -0.2) is 35.1 Å². The maximum absolute atomic E-state index is 12.3. The van der Waals surface area contributed by atoms with E-state index in [9.17, 15) is 4.79 Å². The Hall–Kier alpha value is -3.36. The number of hydrogen-bond donors (Lipinski definition) is 2. The van der Waals surface area contributed by atoms with E-state index in [0.717, 1.165) is 0 Å². The molecule has 0 unspecified atom stereocenters. The monoisotopic (exact) mass is 345 g/mol. The van der Waals surface area contributed by atoms with Gasteiger partial charge in [0.25, 0.3) is 0 Å². The fraction of sp³-hybridized carbons (Fsp3) is 0.250. The highest BCUT2D eigenvalue weighted by Gasteiger charge is 2.16. The van der Waals surface area contributed by atoms with Crippen molar-refractivity contribution in [3.63, 3.8) is 0 Å². The summed E-state index contributed by atoms with van der Waals surface area (Å²) in [5.41, 5.74) is 11.9. The predicted octanol–water partition coefficient (Wildman–Crippen LogP) is 1.44. The van der Waals surface area contributed by atoms with E-state index in [-0.39, 0.29) is 24.3 Å². The van der Waals surface area contributed by atoms with Crippen molar-refractivity contribution in [2.45, 2.75) is 13.5 Å². The van der Waals surface area contributed by atoms with E-state index < -0.39 is 5.97 Å². The van der Waals surface area contributed by atoms with Crippen molar-refractivity contribution >= 4 is 23.9 Å². The Labute approximate surface area is 144 Å². The SMILES string of the molecule is C/C=C\c1cc(C(=O)OCc2nc(N)nc(N)n2)cc(OC)c1OC. The van der Waals surface area contributed by atoms with Crippen molar-refractivity contribution in [2.24, 2.45) is 0 Å². The molecule has 2 aromatic rings. The molecular formula is C16H19N5O4. The largest absolute Gasteiger partial charge is 0.493 e. The maximum Gasteiger partial charge on any atom is 0.338 e. The normalized spacial score (nSPS) is 10.7. The minimum atomic E-state index is -0.579. The fourth-order valence-electron chi connectivity index (χ4n) is 2.15. The van der Waals surface area contributed by atoms with E-state index in [2.05, 4.69) is 15.0 Å². The summed E-state index contributed by atoms with van der Waals surface area (Å²) in [6, 6.07) is 3.17. The van der Waals surface area contributed by atoms with Gasteiger partial charge in [-0.05, 0) is 19.1 Å². The molecule has 25 heavy (non-hydrogen) atoms. The van der Waals surface area contributed by atoms with Gasteiger partial charge in [0, 0.05) is 5.56 Å². The summed E-state index contributed by atoms with van der Waals surface area (Å²) in [6.07, 6.45) is 3.62. The second-order valence-electron chi connectivity index (χ2n) is 4.85. The number of ether oxygens (including phenoxy) is 3. The third kappa shape index (κ3) is 4.34. The van der Waals surface area contributed by atoms with Crippen molar-refractivity contribution in [3.8, 4) is 11.5 Å². The Balaban J connectivity index is 2.24. The number of nitrogens with zero attached hydrogens (tertiary/aromatic N) is 3. The zero-order chi connectivity index (χ0) is 18.4. The first kappa shape index (κ1) is 18.0. The van der Waals surface area contributed by atoms with Crippen LogP contribution in [-0.2, 0) is 11.3 Å². The molecule has 0 atom stereocenters. The number of methoxy groups -OCH3 is 2. The molecule has 0 saturated carbocycles. The van der Waals surface area contributed by atoms with E-state index in [0.29, 0.717) is 22.6 Å². The van der Waals surface area contributed by atoms with E-state index >= 15 is 0 Å². The first-order valence-corrected chi connectivity index (χ1v) is 7.30. The Morgan fingerprint density at radius 1 is 1.12 bits per heavy atom. The van der Waals surface area contributed by atoms with Gasteiger partial charge in [-0.1, -0.05) is 12.2 Å². The van der Waals surface area contributed by atoms with Gasteiger partial charge in [-0.2, -0.15) is 15.0 Å². The van der Waals surface area contributed by atoms with Gasteiger partial charge in [0.1, 0.15) is 0 Å². The zero-order valence-electron chi connectivity index (χ0n) is 14.1. The smallest absolute Gasteiger partial charge is 0.338 e. The van der Waals surface area contributed by atoms with Crippen molar-refractivity contribution in [3.05, 3.63) is 35.2 Å². The molecule has 4 N–H and O–H groups in total. The molecule has 0 bridgehead atoms. The molecule has 132 valence electrons. The number of benzene rings is 1. The lowest BCUT2D eigenvalue weighted by atomic mass is 10.1. The van der Waals surface area contributed by atoms with Crippen molar-refractivity contribution in [1.82, 2.24) is 15.0 Å². The van der Waals surface area contributed by atoms with Crippen LogP contribution in [0, 0.1) is 0 Å². The summed E-state index contributed by atoms with van der Waals surface area (Å²) < 4.78 is 15.8. The average molecular weight is 345 g/mol. The van der Waals surface area contributed by atoms with E-state index in [1.54, 1.807) is 12.1 Å². The molecule has 0 fully saturated rings. The molecule has 0 amide bonds. The molecule has 1 aromatic heterocycles. The van der Waals surface area contributed by atoms with Crippen LogP contribution in [0.4, 0.5) is 11.9 Å². The highest BCUT2D eigenvalue weighted by Crippen LogP contribution is 2.33. The van der Waals surface area contributed by atoms with E-state index in [4.69, 9.17) is 25.7 Å². The minimum Gasteiger partial charge on any atom is -0.493 e. The van der Waals surface area contributed by atoms with Crippen molar-refractivity contribution < 1.29 is 19.0 Å². The Morgan fingerprint density at radius 3 is 2.36 bits per heavy atom. The molecular weight excluding hydrogens is 326 g/mol. The van der Waals surface area contributed by atoms with Crippen LogP contribution >= 0.6 is 0 Å². The van der Waals surface area contributed by atoms with Gasteiger partial charge in [0.15, 0.2) is 23.9 Å².